The Balaban J connectivity index is 1.59. The molecule has 0 aliphatic carbocycles. The average molecular weight is 334 g/mol. The first-order valence-electron chi connectivity index (χ1n) is 8.80. The largest absolute Gasteiger partial charge is 0.355 e. The van der Waals surface area contributed by atoms with E-state index in [1.807, 2.05) is 6.07 Å². The standard InChI is InChI=1S/C24H18N2/c1-2-8-17(9-3-1)19-10-4-6-12-22(19)25-18-14-15-24-21(16-18)20-11-5-7-13-23(20)26-24/h1-16,25-26H. The minimum Gasteiger partial charge on any atom is -0.355 e. The molecule has 5 rings (SSSR count). The Bertz CT molecular complexity index is 1200. The fourth-order valence-electron chi connectivity index (χ4n) is 3.54. The lowest BCUT2D eigenvalue weighted by molar-refractivity contribution is 1.52. The monoisotopic (exact) mass is 334 g/mol. The van der Waals surface area contributed by atoms with Crippen LogP contribution in [-0.2, 0) is 0 Å². The van der Waals surface area contributed by atoms with Crippen molar-refractivity contribution in [1.29, 1.82) is 0 Å². The Labute approximate surface area is 152 Å². The van der Waals surface area contributed by atoms with Gasteiger partial charge < -0.3 is 10.3 Å². The van der Waals surface area contributed by atoms with E-state index < -0.39 is 0 Å². The van der Waals surface area contributed by atoms with E-state index >= 15 is 0 Å². The number of aromatic amines is 1. The number of nitrogens with one attached hydrogen (secondary N) is 2. The first-order chi connectivity index (χ1) is 12.9. The van der Waals surface area contributed by atoms with Crippen molar-refractivity contribution in [2.75, 3.05) is 5.32 Å². The summed E-state index contributed by atoms with van der Waals surface area (Å²) < 4.78 is 0. The van der Waals surface area contributed by atoms with Gasteiger partial charge in [-0.3, -0.25) is 0 Å². The van der Waals surface area contributed by atoms with Gasteiger partial charge in [0, 0.05) is 38.7 Å². The summed E-state index contributed by atoms with van der Waals surface area (Å²) in [5.74, 6) is 0. The number of H-pyrrole nitrogens is 1. The van der Waals surface area contributed by atoms with Crippen LogP contribution < -0.4 is 5.32 Å². The van der Waals surface area contributed by atoms with Gasteiger partial charge in [-0.1, -0.05) is 66.7 Å². The molecular formula is C24H18N2. The van der Waals surface area contributed by atoms with Crippen molar-refractivity contribution in [2.45, 2.75) is 0 Å². The molecule has 4 aromatic carbocycles. The normalized spacial score (nSPS) is 11.1. The highest BCUT2D eigenvalue weighted by molar-refractivity contribution is 6.08. The molecule has 0 fully saturated rings. The molecule has 2 nitrogen and oxygen atoms in total. The first kappa shape index (κ1) is 14.8. The number of hydrogen-bond donors (Lipinski definition) is 2. The fourth-order valence-corrected chi connectivity index (χ4v) is 3.54. The Hall–Kier alpha value is -3.52. The zero-order chi connectivity index (χ0) is 17.3. The van der Waals surface area contributed by atoms with Crippen LogP contribution in [0, 0.1) is 0 Å². The topological polar surface area (TPSA) is 27.8 Å². The van der Waals surface area contributed by atoms with Gasteiger partial charge in [0.25, 0.3) is 0 Å². The summed E-state index contributed by atoms with van der Waals surface area (Å²) in [5, 5.41) is 6.09. The van der Waals surface area contributed by atoms with Crippen LogP contribution >= 0.6 is 0 Å². The molecule has 0 unspecified atom stereocenters. The minimum absolute atomic E-state index is 1.09. The van der Waals surface area contributed by atoms with Gasteiger partial charge in [-0.25, -0.2) is 0 Å². The van der Waals surface area contributed by atoms with E-state index in [9.17, 15) is 0 Å². The van der Waals surface area contributed by atoms with E-state index in [1.165, 1.54) is 27.4 Å². The molecule has 0 atom stereocenters. The molecular weight excluding hydrogens is 316 g/mol. The third-order valence-electron chi connectivity index (χ3n) is 4.80. The highest BCUT2D eigenvalue weighted by atomic mass is 14.9. The lowest BCUT2D eigenvalue weighted by atomic mass is 10.0. The second kappa shape index (κ2) is 6.08. The van der Waals surface area contributed by atoms with Crippen molar-refractivity contribution in [3.8, 4) is 11.1 Å². The van der Waals surface area contributed by atoms with Crippen molar-refractivity contribution >= 4 is 33.2 Å². The molecule has 0 bridgehead atoms. The van der Waals surface area contributed by atoms with Gasteiger partial charge in [-0.05, 0) is 35.9 Å². The maximum Gasteiger partial charge on any atom is 0.0466 e. The molecule has 5 aromatic rings. The van der Waals surface area contributed by atoms with Gasteiger partial charge >= 0.3 is 0 Å². The number of para-hydroxylation sites is 2. The highest BCUT2D eigenvalue weighted by Gasteiger charge is 2.07. The molecule has 0 amide bonds. The maximum atomic E-state index is 3.60. The molecule has 0 saturated carbocycles. The van der Waals surface area contributed by atoms with E-state index in [4.69, 9.17) is 0 Å². The van der Waals surface area contributed by atoms with Crippen LogP contribution in [0.2, 0.25) is 0 Å². The Kier molecular flexibility index (Phi) is 3.46. The second-order valence-corrected chi connectivity index (χ2v) is 6.47. The summed E-state index contributed by atoms with van der Waals surface area (Å²) in [6, 6.07) is 33.8. The summed E-state index contributed by atoms with van der Waals surface area (Å²) in [4.78, 5) is 3.48. The number of hydrogen-bond acceptors (Lipinski definition) is 1. The number of rotatable bonds is 3. The van der Waals surface area contributed by atoms with E-state index in [0.29, 0.717) is 0 Å². The molecule has 1 heterocycles. The quantitative estimate of drug-likeness (QED) is 0.376. The van der Waals surface area contributed by atoms with E-state index in [0.717, 1.165) is 16.9 Å². The van der Waals surface area contributed by atoms with Crippen LogP contribution in [-0.4, -0.2) is 4.98 Å². The van der Waals surface area contributed by atoms with E-state index in [1.54, 1.807) is 0 Å². The van der Waals surface area contributed by atoms with Gasteiger partial charge in [0.2, 0.25) is 0 Å². The minimum atomic E-state index is 1.09. The maximum absolute atomic E-state index is 3.60. The van der Waals surface area contributed by atoms with Crippen molar-refractivity contribution in [1.82, 2.24) is 4.98 Å². The van der Waals surface area contributed by atoms with Crippen LogP contribution in [0.4, 0.5) is 11.4 Å². The average Bonchev–Trinajstić information content (AvgIpc) is 3.07. The van der Waals surface area contributed by atoms with E-state index in [-0.39, 0.29) is 0 Å². The van der Waals surface area contributed by atoms with Crippen LogP contribution in [0.1, 0.15) is 0 Å². The Morgan fingerprint density at radius 3 is 2.23 bits per heavy atom. The third-order valence-corrected chi connectivity index (χ3v) is 4.80. The summed E-state index contributed by atoms with van der Waals surface area (Å²) in [6.07, 6.45) is 0. The molecule has 124 valence electrons. The molecule has 0 radical (unpaired) electrons. The van der Waals surface area contributed by atoms with Gasteiger partial charge in [0.1, 0.15) is 0 Å². The van der Waals surface area contributed by atoms with Crippen LogP contribution in [0.25, 0.3) is 32.9 Å². The smallest absolute Gasteiger partial charge is 0.0466 e. The Morgan fingerprint density at radius 1 is 0.577 bits per heavy atom. The zero-order valence-corrected chi connectivity index (χ0v) is 14.2. The second-order valence-electron chi connectivity index (χ2n) is 6.47. The predicted octanol–water partition coefficient (Wildman–Crippen LogP) is 6.73. The number of aromatic nitrogens is 1. The molecule has 0 spiro atoms. The van der Waals surface area contributed by atoms with Crippen LogP contribution in [0.5, 0.6) is 0 Å². The zero-order valence-electron chi connectivity index (χ0n) is 14.2. The van der Waals surface area contributed by atoms with Crippen molar-refractivity contribution < 1.29 is 0 Å². The molecule has 0 aliphatic rings. The van der Waals surface area contributed by atoms with Gasteiger partial charge in [-0.15, -0.1) is 0 Å². The van der Waals surface area contributed by atoms with Crippen LogP contribution in [0.15, 0.2) is 97.1 Å². The SMILES string of the molecule is c1ccc(-c2ccccc2Nc2ccc3[nH]c4ccccc4c3c2)cc1. The number of fused-ring (bicyclic) bond motifs is 3. The predicted molar refractivity (Wildman–Crippen MR) is 111 cm³/mol. The van der Waals surface area contributed by atoms with Crippen LogP contribution in [0.3, 0.4) is 0 Å². The summed E-state index contributed by atoms with van der Waals surface area (Å²) >= 11 is 0. The number of anilines is 2. The lowest BCUT2D eigenvalue weighted by Gasteiger charge is -2.12. The summed E-state index contributed by atoms with van der Waals surface area (Å²) in [7, 11) is 0. The number of benzene rings is 4. The Morgan fingerprint density at radius 2 is 1.31 bits per heavy atom. The lowest BCUT2D eigenvalue weighted by Crippen LogP contribution is -1.93. The molecule has 2 heteroatoms. The molecule has 0 aliphatic heterocycles. The van der Waals surface area contributed by atoms with Gasteiger partial charge in [-0.2, -0.15) is 0 Å². The van der Waals surface area contributed by atoms with Gasteiger partial charge in [0.05, 0.1) is 0 Å². The summed E-state index contributed by atoms with van der Waals surface area (Å²) in [5.41, 5.74) is 6.94. The van der Waals surface area contributed by atoms with Gasteiger partial charge in [0.15, 0.2) is 0 Å². The molecule has 2 N–H and O–H groups in total. The molecule has 1 aromatic heterocycles. The highest BCUT2D eigenvalue weighted by Crippen LogP contribution is 2.32. The van der Waals surface area contributed by atoms with Crippen molar-refractivity contribution in [2.24, 2.45) is 0 Å². The van der Waals surface area contributed by atoms with E-state index in [2.05, 4.69) is 101 Å². The fraction of sp³-hybridized carbons (Fsp3) is 0. The van der Waals surface area contributed by atoms with Crippen molar-refractivity contribution in [3.05, 3.63) is 97.1 Å². The third kappa shape index (κ3) is 2.52. The summed E-state index contributed by atoms with van der Waals surface area (Å²) in [6.45, 7) is 0. The van der Waals surface area contributed by atoms with Crippen molar-refractivity contribution in [3.63, 3.8) is 0 Å². The molecule has 26 heavy (non-hydrogen) atoms. The first-order valence-corrected chi connectivity index (χ1v) is 8.80. The molecule has 0 saturated heterocycles.